The molecule has 3 heteroatoms. The molecule has 1 unspecified atom stereocenters. The summed E-state index contributed by atoms with van der Waals surface area (Å²) in [5, 5.41) is 0. The Kier molecular flexibility index (Phi) is 3.06. The molecule has 0 aliphatic carbocycles. The normalized spacial score (nSPS) is 37.0. The van der Waals surface area contributed by atoms with Gasteiger partial charge in [0, 0.05) is 19.7 Å². The smallest absolute Gasteiger partial charge is 0.0663 e. The van der Waals surface area contributed by atoms with Crippen LogP contribution in [0.25, 0.3) is 0 Å². The second-order valence-corrected chi connectivity index (χ2v) is 5.92. The molecule has 0 spiro atoms. The summed E-state index contributed by atoms with van der Waals surface area (Å²) in [5.74, 6) is 0. The summed E-state index contributed by atoms with van der Waals surface area (Å²) in [5.41, 5.74) is 6.56. The van der Waals surface area contributed by atoms with Crippen molar-refractivity contribution in [1.82, 2.24) is 4.90 Å². The van der Waals surface area contributed by atoms with Gasteiger partial charge in [-0.2, -0.15) is 0 Å². The quantitative estimate of drug-likeness (QED) is 0.748. The molecule has 0 saturated carbocycles. The van der Waals surface area contributed by atoms with Crippen LogP contribution < -0.4 is 5.73 Å². The fraction of sp³-hybridized carbons (Fsp3) is 1.00. The molecular weight excluding hydrogens is 188 g/mol. The van der Waals surface area contributed by atoms with Crippen molar-refractivity contribution < 1.29 is 4.74 Å². The number of nitrogens with zero attached hydrogens (tertiary/aromatic N) is 1. The standard InChI is InChI=1S/C12H24N2O/c1-11(2)4-3-6-14(9-11)12(8-13)5-7-15-10-12/h3-10,13H2,1-2H3. The molecular formula is C12H24N2O. The van der Waals surface area contributed by atoms with Gasteiger partial charge in [-0.25, -0.2) is 0 Å². The van der Waals surface area contributed by atoms with Gasteiger partial charge in [0.15, 0.2) is 0 Å². The van der Waals surface area contributed by atoms with Crippen molar-refractivity contribution in [2.45, 2.75) is 38.6 Å². The SMILES string of the molecule is CC1(C)CCCN(C2(CN)CCOC2)C1. The van der Waals surface area contributed by atoms with Crippen LogP contribution in [-0.4, -0.2) is 43.3 Å². The van der Waals surface area contributed by atoms with Gasteiger partial charge in [-0.1, -0.05) is 13.8 Å². The third-order valence-corrected chi connectivity index (χ3v) is 4.03. The number of rotatable bonds is 2. The van der Waals surface area contributed by atoms with Crippen LogP contribution in [0.2, 0.25) is 0 Å². The highest BCUT2D eigenvalue weighted by atomic mass is 16.5. The second kappa shape index (κ2) is 4.04. The molecule has 2 fully saturated rings. The van der Waals surface area contributed by atoms with Crippen molar-refractivity contribution in [3.8, 4) is 0 Å². The summed E-state index contributed by atoms with van der Waals surface area (Å²) < 4.78 is 5.55. The molecule has 2 heterocycles. The molecule has 0 aromatic heterocycles. The van der Waals surface area contributed by atoms with Crippen molar-refractivity contribution in [1.29, 1.82) is 0 Å². The molecule has 15 heavy (non-hydrogen) atoms. The summed E-state index contributed by atoms with van der Waals surface area (Å²) in [6.07, 6.45) is 3.75. The molecule has 0 radical (unpaired) electrons. The largest absolute Gasteiger partial charge is 0.379 e. The van der Waals surface area contributed by atoms with Gasteiger partial charge in [-0.3, -0.25) is 4.90 Å². The van der Waals surface area contributed by atoms with Gasteiger partial charge in [-0.05, 0) is 31.2 Å². The average Bonchev–Trinajstić information content (AvgIpc) is 2.65. The van der Waals surface area contributed by atoms with E-state index in [1.54, 1.807) is 0 Å². The number of likely N-dealkylation sites (tertiary alicyclic amines) is 1. The molecule has 2 saturated heterocycles. The Morgan fingerprint density at radius 2 is 2.13 bits per heavy atom. The highest BCUT2D eigenvalue weighted by Crippen LogP contribution is 2.35. The lowest BCUT2D eigenvalue weighted by molar-refractivity contribution is 0.0114. The minimum absolute atomic E-state index is 0.150. The van der Waals surface area contributed by atoms with Crippen LogP contribution in [0.3, 0.4) is 0 Å². The minimum Gasteiger partial charge on any atom is -0.379 e. The highest BCUT2D eigenvalue weighted by Gasteiger charge is 2.42. The fourth-order valence-corrected chi connectivity index (χ4v) is 2.96. The monoisotopic (exact) mass is 212 g/mol. The van der Waals surface area contributed by atoms with Gasteiger partial charge in [-0.15, -0.1) is 0 Å². The lowest BCUT2D eigenvalue weighted by Gasteiger charge is -2.47. The Bertz CT molecular complexity index is 222. The van der Waals surface area contributed by atoms with Crippen LogP contribution in [0.5, 0.6) is 0 Å². The second-order valence-electron chi connectivity index (χ2n) is 5.92. The van der Waals surface area contributed by atoms with Gasteiger partial charge < -0.3 is 10.5 Å². The first-order valence-electron chi connectivity index (χ1n) is 6.11. The lowest BCUT2D eigenvalue weighted by Crippen LogP contribution is -2.58. The number of hydrogen-bond acceptors (Lipinski definition) is 3. The van der Waals surface area contributed by atoms with E-state index in [4.69, 9.17) is 10.5 Å². The van der Waals surface area contributed by atoms with E-state index in [9.17, 15) is 0 Å². The predicted octanol–water partition coefficient (Wildman–Crippen LogP) is 1.23. The van der Waals surface area contributed by atoms with Crippen molar-refractivity contribution in [3.63, 3.8) is 0 Å². The molecule has 0 amide bonds. The molecule has 2 aliphatic heterocycles. The molecule has 2 aliphatic rings. The van der Waals surface area contributed by atoms with Crippen LogP contribution in [0.1, 0.15) is 33.1 Å². The molecule has 88 valence electrons. The Morgan fingerprint density at radius 1 is 1.33 bits per heavy atom. The molecule has 0 aromatic carbocycles. The number of ether oxygens (including phenoxy) is 1. The summed E-state index contributed by atoms with van der Waals surface area (Å²) in [6, 6.07) is 0. The van der Waals surface area contributed by atoms with Gasteiger partial charge in [0.05, 0.1) is 12.1 Å². The van der Waals surface area contributed by atoms with Gasteiger partial charge >= 0.3 is 0 Å². The van der Waals surface area contributed by atoms with E-state index >= 15 is 0 Å². The number of nitrogens with two attached hydrogens (primary N) is 1. The van der Waals surface area contributed by atoms with Gasteiger partial charge in [0.1, 0.15) is 0 Å². The average molecular weight is 212 g/mol. The van der Waals surface area contributed by atoms with E-state index in [1.807, 2.05) is 0 Å². The van der Waals surface area contributed by atoms with Crippen LogP contribution >= 0.6 is 0 Å². The highest BCUT2D eigenvalue weighted by molar-refractivity contribution is 4.98. The summed E-state index contributed by atoms with van der Waals surface area (Å²) in [7, 11) is 0. The topological polar surface area (TPSA) is 38.5 Å². The molecule has 1 atom stereocenters. The zero-order chi connectivity index (χ0) is 10.9. The van der Waals surface area contributed by atoms with Crippen molar-refractivity contribution >= 4 is 0 Å². The summed E-state index contributed by atoms with van der Waals surface area (Å²) in [6.45, 7) is 9.55. The fourth-order valence-electron chi connectivity index (χ4n) is 2.96. The van der Waals surface area contributed by atoms with Crippen molar-refractivity contribution in [2.75, 3.05) is 32.8 Å². The summed E-state index contributed by atoms with van der Waals surface area (Å²) in [4.78, 5) is 2.59. The zero-order valence-electron chi connectivity index (χ0n) is 10.1. The van der Waals surface area contributed by atoms with E-state index < -0.39 is 0 Å². The Hall–Kier alpha value is -0.120. The number of hydrogen-bond donors (Lipinski definition) is 1. The summed E-state index contributed by atoms with van der Waals surface area (Å²) >= 11 is 0. The predicted molar refractivity (Wildman–Crippen MR) is 61.8 cm³/mol. The van der Waals surface area contributed by atoms with E-state index in [0.29, 0.717) is 5.41 Å². The van der Waals surface area contributed by atoms with Crippen LogP contribution in [0.4, 0.5) is 0 Å². The first-order chi connectivity index (χ1) is 7.08. The lowest BCUT2D eigenvalue weighted by atomic mass is 9.81. The molecule has 3 nitrogen and oxygen atoms in total. The number of piperidine rings is 1. The zero-order valence-corrected chi connectivity index (χ0v) is 10.1. The maximum Gasteiger partial charge on any atom is 0.0663 e. The van der Waals surface area contributed by atoms with Crippen LogP contribution in [0, 0.1) is 5.41 Å². The van der Waals surface area contributed by atoms with Crippen molar-refractivity contribution in [3.05, 3.63) is 0 Å². The minimum atomic E-state index is 0.150. The Morgan fingerprint density at radius 3 is 2.67 bits per heavy atom. The van der Waals surface area contributed by atoms with Crippen LogP contribution in [0.15, 0.2) is 0 Å². The van der Waals surface area contributed by atoms with Crippen molar-refractivity contribution in [2.24, 2.45) is 11.1 Å². The van der Waals surface area contributed by atoms with E-state index in [1.165, 1.54) is 25.9 Å². The Balaban J connectivity index is 2.08. The van der Waals surface area contributed by atoms with Crippen LogP contribution in [-0.2, 0) is 4.74 Å². The first-order valence-corrected chi connectivity index (χ1v) is 6.11. The third-order valence-electron chi connectivity index (χ3n) is 4.03. The van der Waals surface area contributed by atoms with E-state index in [-0.39, 0.29) is 5.54 Å². The first kappa shape index (κ1) is 11.4. The molecule has 2 N–H and O–H groups in total. The Labute approximate surface area is 93.0 Å². The maximum atomic E-state index is 5.97. The molecule has 0 aromatic rings. The van der Waals surface area contributed by atoms with Gasteiger partial charge in [0.25, 0.3) is 0 Å². The molecule has 2 rings (SSSR count). The van der Waals surface area contributed by atoms with E-state index in [2.05, 4.69) is 18.7 Å². The third kappa shape index (κ3) is 2.19. The maximum absolute atomic E-state index is 5.97. The van der Waals surface area contributed by atoms with E-state index in [0.717, 1.165) is 26.2 Å². The molecule has 0 bridgehead atoms. The van der Waals surface area contributed by atoms with Gasteiger partial charge in [0.2, 0.25) is 0 Å².